The minimum atomic E-state index is -0.969. The summed E-state index contributed by atoms with van der Waals surface area (Å²) >= 11 is 3.25. The SMILES string of the molecule is CCn1cc([C@H]2C[S@](=O)CCN2C(=O)c2ccc(F)cc2Br)cn1. The van der Waals surface area contributed by atoms with Crippen molar-refractivity contribution in [2.75, 3.05) is 18.1 Å². The van der Waals surface area contributed by atoms with Gasteiger partial charge in [-0.3, -0.25) is 13.7 Å². The minimum Gasteiger partial charge on any atom is -0.330 e. The minimum absolute atomic E-state index is 0.201. The molecule has 1 saturated heterocycles. The lowest BCUT2D eigenvalue weighted by Gasteiger charge is -2.35. The van der Waals surface area contributed by atoms with Gasteiger partial charge in [0.1, 0.15) is 5.82 Å². The van der Waals surface area contributed by atoms with Crippen LogP contribution in [0.4, 0.5) is 4.39 Å². The van der Waals surface area contributed by atoms with Crippen molar-refractivity contribution in [3.05, 3.63) is 52.0 Å². The van der Waals surface area contributed by atoms with Gasteiger partial charge in [0.05, 0.1) is 17.8 Å². The second-order valence-corrected chi connectivity index (χ2v) is 8.05. The Hall–Kier alpha value is -1.54. The first kappa shape index (κ1) is 17.3. The van der Waals surface area contributed by atoms with E-state index in [-0.39, 0.29) is 11.9 Å². The van der Waals surface area contributed by atoms with Crippen LogP contribution in [0.25, 0.3) is 0 Å². The van der Waals surface area contributed by atoms with Gasteiger partial charge in [0, 0.05) is 51.6 Å². The van der Waals surface area contributed by atoms with Crippen LogP contribution in [0.15, 0.2) is 35.1 Å². The molecule has 3 rings (SSSR count). The molecule has 0 saturated carbocycles. The van der Waals surface area contributed by atoms with Crippen molar-refractivity contribution in [3.63, 3.8) is 0 Å². The van der Waals surface area contributed by atoms with Crippen LogP contribution in [-0.2, 0) is 17.3 Å². The average Bonchev–Trinajstić information content (AvgIpc) is 3.03. The lowest BCUT2D eigenvalue weighted by molar-refractivity contribution is 0.0698. The zero-order valence-electron chi connectivity index (χ0n) is 13.1. The Morgan fingerprint density at radius 1 is 1.50 bits per heavy atom. The summed E-state index contributed by atoms with van der Waals surface area (Å²) in [7, 11) is -0.969. The lowest BCUT2D eigenvalue weighted by atomic mass is 10.1. The number of amides is 1. The Labute approximate surface area is 150 Å². The van der Waals surface area contributed by atoms with Crippen molar-refractivity contribution in [2.45, 2.75) is 19.5 Å². The molecule has 1 amide bonds. The Morgan fingerprint density at radius 2 is 2.29 bits per heavy atom. The van der Waals surface area contributed by atoms with Gasteiger partial charge in [0.25, 0.3) is 5.91 Å². The predicted molar refractivity (Wildman–Crippen MR) is 93.7 cm³/mol. The number of nitrogens with zero attached hydrogens (tertiary/aromatic N) is 3. The van der Waals surface area contributed by atoms with E-state index >= 15 is 0 Å². The van der Waals surface area contributed by atoms with Crippen molar-refractivity contribution in [2.24, 2.45) is 0 Å². The van der Waals surface area contributed by atoms with E-state index in [4.69, 9.17) is 0 Å². The molecule has 128 valence electrons. The predicted octanol–water partition coefficient (Wildman–Crippen LogP) is 2.75. The van der Waals surface area contributed by atoms with Gasteiger partial charge in [-0.15, -0.1) is 0 Å². The van der Waals surface area contributed by atoms with E-state index in [0.717, 1.165) is 12.1 Å². The lowest BCUT2D eigenvalue weighted by Crippen LogP contribution is -2.44. The van der Waals surface area contributed by atoms with E-state index in [1.54, 1.807) is 15.8 Å². The van der Waals surface area contributed by atoms with E-state index in [9.17, 15) is 13.4 Å². The number of hydrogen-bond donors (Lipinski definition) is 0. The summed E-state index contributed by atoms with van der Waals surface area (Å²) in [5, 5.41) is 4.25. The molecule has 0 spiro atoms. The fourth-order valence-electron chi connectivity index (χ4n) is 2.77. The zero-order chi connectivity index (χ0) is 17.3. The van der Waals surface area contributed by atoms with Gasteiger partial charge in [-0.1, -0.05) is 0 Å². The normalized spacial score (nSPS) is 21.0. The zero-order valence-corrected chi connectivity index (χ0v) is 15.5. The first-order valence-corrected chi connectivity index (χ1v) is 9.91. The third-order valence-electron chi connectivity index (χ3n) is 4.06. The molecule has 0 unspecified atom stereocenters. The van der Waals surface area contributed by atoms with E-state index in [1.165, 1.54) is 18.2 Å². The molecule has 1 fully saturated rings. The molecule has 1 aromatic heterocycles. The number of aromatic nitrogens is 2. The molecule has 1 aliphatic heterocycles. The number of carbonyl (C=O) groups is 1. The number of benzene rings is 1. The molecule has 0 radical (unpaired) electrons. The Balaban J connectivity index is 1.93. The highest BCUT2D eigenvalue weighted by Gasteiger charge is 2.33. The van der Waals surface area contributed by atoms with E-state index in [2.05, 4.69) is 21.0 Å². The number of halogens is 2. The molecule has 1 aromatic carbocycles. The summed E-state index contributed by atoms with van der Waals surface area (Å²) in [6.45, 7) is 3.11. The van der Waals surface area contributed by atoms with Crippen LogP contribution in [0.1, 0.15) is 28.9 Å². The van der Waals surface area contributed by atoms with Gasteiger partial charge in [-0.25, -0.2) is 4.39 Å². The largest absolute Gasteiger partial charge is 0.330 e. The van der Waals surface area contributed by atoms with Crippen LogP contribution in [0, 0.1) is 5.82 Å². The first-order chi connectivity index (χ1) is 11.5. The maximum Gasteiger partial charge on any atom is 0.255 e. The molecule has 2 heterocycles. The third kappa shape index (κ3) is 3.44. The maximum atomic E-state index is 13.3. The maximum absolute atomic E-state index is 13.3. The van der Waals surface area contributed by atoms with Crippen LogP contribution in [0.5, 0.6) is 0 Å². The molecular formula is C16H17BrFN3O2S. The van der Waals surface area contributed by atoms with Crippen LogP contribution >= 0.6 is 15.9 Å². The highest BCUT2D eigenvalue weighted by molar-refractivity contribution is 9.10. The first-order valence-electron chi connectivity index (χ1n) is 7.63. The second-order valence-electron chi connectivity index (χ2n) is 5.58. The van der Waals surface area contributed by atoms with Gasteiger partial charge >= 0.3 is 0 Å². The molecule has 1 aliphatic rings. The highest BCUT2D eigenvalue weighted by Crippen LogP contribution is 2.29. The van der Waals surface area contributed by atoms with E-state index in [1.807, 2.05) is 13.1 Å². The Morgan fingerprint density at radius 3 is 2.96 bits per heavy atom. The van der Waals surface area contributed by atoms with Crippen LogP contribution in [0.2, 0.25) is 0 Å². The van der Waals surface area contributed by atoms with Gasteiger partial charge < -0.3 is 4.90 Å². The molecule has 2 atom stereocenters. The monoisotopic (exact) mass is 413 g/mol. The van der Waals surface area contributed by atoms with Crippen LogP contribution in [-0.4, -0.2) is 42.8 Å². The van der Waals surface area contributed by atoms with Crippen molar-refractivity contribution in [1.29, 1.82) is 0 Å². The Kier molecular flexibility index (Phi) is 5.15. The molecule has 8 heteroatoms. The molecule has 0 N–H and O–H groups in total. The number of aryl methyl sites for hydroxylation is 1. The summed E-state index contributed by atoms with van der Waals surface area (Å²) in [5.74, 6) is 0.231. The van der Waals surface area contributed by atoms with Gasteiger partial charge in [0.15, 0.2) is 0 Å². The van der Waals surface area contributed by atoms with Crippen LogP contribution in [0.3, 0.4) is 0 Å². The molecular weight excluding hydrogens is 397 g/mol. The molecule has 0 aliphatic carbocycles. The van der Waals surface area contributed by atoms with E-state index < -0.39 is 16.6 Å². The van der Waals surface area contributed by atoms with Crippen molar-refractivity contribution in [3.8, 4) is 0 Å². The van der Waals surface area contributed by atoms with Crippen molar-refractivity contribution < 1.29 is 13.4 Å². The summed E-state index contributed by atoms with van der Waals surface area (Å²) in [6.07, 6.45) is 3.60. The highest BCUT2D eigenvalue weighted by atomic mass is 79.9. The third-order valence-corrected chi connectivity index (χ3v) is 6.05. The fraction of sp³-hybridized carbons (Fsp3) is 0.375. The fourth-order valence-corrected chi connectivity index (χ4v) is 4.58. The van der Waals surface area contributed by atoms with E-state index in [0.29, 0.717) is 28.1 Å². The standard InChI is InChI=1S/C16H17BrFN3O2S/c1-2-20-9-11(8-19-20)15-10-24(23)6-5-21(15)16(22)13-4-3-12(18)7-14(13)17/h3-4,7-9,15H,2,5-6,10H2,1H3/t15-,24-/m1/s1. The number of rotatable bonds is 3. The quantitative estimate of drug-likeness (QED) is 0.776. The topological polar surface area (TPSA) is 55.2 Å². The van der Waals surface area contributed by atoms with Gasteiger partial charge in [-0.2, -0.15) is 5.10 Å². The Bertz CT molecular complexity index is 795. The summed E-state index contributed by atoms with van der Waals surface area (Å²) in [6, 6.07) is 3.73. The van der Waals surface area contributed by atoms with Gasteiger partial charge in [-0.05, 0) is 41.1 Å². The molecule has 2 aromatic rings. The summed E-state index contributed by atoms with van der Waals surface area (Å²) in [4.78, 5) is 14.7. The molecule has 24 heavy (non-hydrogen) atoms. The number of hydrogen-bond acceptors (Lipinski definition) is 3. The van der Waals surface area contributed by atoms with Crippen LogP contribution < -0.4 is 0 Å². The molecule has 0 bridgehead atoms. The second kappa shape index (κ2) is 7.14. The number of carbonyl (C=O) groups excluding carboxylic acids is 1. The summed E-state index contributed by atoms with van der Waals surface area (Å²) < 4.78 is 27.5. The van der Waals surface area contributed by atoms with Gasteiger partial charge in [0.2, 0.25) is 0 Å². The smallest absolute Gasteiger partial charge is 0.255 e. The summed E-state index contributed by atoms with van der Waals surface area (Å²) in [5.41, 5.74) is 1.27. The molecule has 5 nitrogen and oxygen atoms in total. The van der Waals surface area contributed by atoms with Crippen molar-refractivity contribution >= 4 is 32.6 Å². The average molecular weight is 414 g/mol. The van der Waals surface area contributed by atoms with Crippen molar-refractivity contribution in [1.82, 2.24) is 14.7 Å².